The molecule has 1 aliphatic carbocycles. The predicted octanol–water partition coefficient (Wildman–Crippen LogP) is 1.08. The van der Waals surface area contributed by atoms with Gasteiger partial charge in [-0.25, -0.2) is 0 Å². The minimum absolute atomic E-state index is 0.0337. The average molecular weight is 227 g/mol. The lowest BCUT2D eigenvalue weighted by atomic mass is 9.96. The standard InChI is InChI=1S/C12H21NO3/c13-7-9-3-1-5-11(9)12(14)16-8-10-4-2-6-15-10/h9-11H,1-8,13H2. The van der Waals surface area contributed by atoms with Gasteiger partial charge < -0.3 is 15.2 Å². The molecule has 0 bridgehead atoms. The Morgan fingerprint density at radius 1 is 1.31 bits per heavy atom. The highest BCUT2D eigenvalue weighted by Crippen LogP contribution is 2.31. The third-order valence-corrected chi connectivity index (χ3v) is 3.70. The van der Waals surface area contributed by atoms with E-state index in [0.29, 0.717) is 19.1 Å². The fraction of sp³-hybridized carbons (Fsp3) is 0.917. The van der Waals surface area contributed by atoms with Gasteiger partial charge in [0.1, 0.15) is 6.61 Å². The summed E-state index contributed by atoms with van der Waals surface area (Å²) in [5.41, 5.74) is 5.65. The molecule has 1 aliphatic heterocycles. The van der Waals surface area contributed by atoms with Gasteiger partial charge in [0.15, 0.2) is 0 Å². The summed E-state index contributed by atoms with van der Waals surface area (Å²) in [6.07, 6.45) is 5.32. The maximum Gasteiger partial charge on any atom is 0.309 e. The van der Waals surface area contributed by atoms with Crippen LogP contribution in [0, 0.1) is 11.8 Å². The monoisotopic (exact) mass is 227 g/mol. The Bertz CT molecular complexity index is 238. The van der Waals surface area contributed by atoms with Crippen molar-refractivity contribution in [1.82, 2.24) is 0 Å². The Hall–Kier alpha value is -0.610. The van der Waals surface area contributed by atoms with E-state index in [1.807, 2.05) is 0 Å². The lowest BCUT2D eigenvalue weighted by Crippen LogP contribution is -2.29. The Morgan fingerprint density at radius 3 is 2.88 bits per heavy atom. The van der Waals surface area contributed by atoms with Crippen LogP contribution in [0.1, 0.15) is 32.1 Å². The van der Waals surface area contributed by atoms with Crippen LogP contribution in [0.2, 0.25) is 0 Å². The number of hydrogen-bond donors (Lipinski definition) is 1. The van der Waals surface area contributed by atoms with Gasteiger partial charge >= 0.3 is 5.97 Å². The van der Waals surface area contributed by atoms with Gasteiger partial charge in [-0.2, -0.15) is 0 Å². The zero-order valence-corrected chi connectivity index (χ0v) is 9.69. The first-order valence-electron chi connectivity index (χ1n) is 6.29. The summed E-state index contributed by atoms with van der Waals surface area (Å²) in [6.45, 7) is 1.82. The number of carbonyl (C=O) groups is 1. The zero-order valence-electron chi connectivity index (χ0n) is 9.69. The van der Waals surface area contributed by atoms with Crippen LogP contribution < -0.4 is 5.73 Å². The van der Waals surface area contributed by atoms with Crippen molar-refractivity contribution in [2.24, 2.45) is 17.6 Å². The van der Waals surface area contributed by atoms with Crippen molar-refractivity contribution in [3.8, 4) is 0 Å². The third-order valence-electron chi connectivity index (χ3n) is 3.70. The number of rotatable bonds is 4. The van der Waals surface area contributed by atoms with Gasteiger partial charge in [-0.3, -0.25) is 4.79 Å². The molecule has 16 heavy (non-hydrogen) atoms. The van der Waals surface area contributed by atoms with Crippen LogP contribution in [-0.2, 0) is 14.3 Å². The molecule has 1 heterocycles. The summed E-state index contributed by atoms with van der Waals surface area (Å²) < 4.78 is 10.7. The van der Waals surface area contributed by atoms with Crippen LogP contribution in [0.15, 0.2) is 0 Å². The lowest BCUT2D eigenvalue weighted by molar-refractivity contribution is -0.152. The van der Waals surface area contributed by atoms with Crippen molar-refractivity contribution in [3.63, 3.8) is 0 Å². The molecule has 0 aromatic heterocycles. The minimum Gasteiger partial charge on any atom is -0.463 e. The SMILES string of the molecule is NCC1CCCC1C(=O)OCC1CCCO1. The van der Waals surface area contributed by atoms with Crippen LogP contribution in [0.25, 0.3) is 0 Å². The number of ether oxygens (including phenoxy) is 2. The van der Waals surface area contributed by atoms with E-state index in [0.717, 1.165) is 38.7 Å². The highest BCUT2D eigenvalue weighted by atomic mass is 16.6. The second-order valence-corrected chi connectivity index (χ2v) is 4.80. The van der Waals surface area contributed by atoms with Crippen molar-refractivity contribution in [1.29, 1.82) is 0 Å². The van der Waals surface area contributed by atoms with E-state index in [1.165, 1.54) is 0 Å². The summed E-state index contributed by atoms with van der Waals surface area (Å²) in [7, 11) is 0. The highest BCUT2D eigenvalue weighted by Gasteiger charge is 2.33. The van der Waals surface area contributed by atoms with Gasteiger partial charge in [0.05, 0.1) is 12.0 Å². The molecule has 4 nitrogen and oxygen atoms in total. The fourth-order valence-corrected chi connectivity index (χ4v) is 2.69. The predicted molar refractivity (Wildman–Crippen MR) is 59.8 cm³/mol. The van der Waals surface area contributed by atoms with E-state index in [9.17, 15) is 4.79 Å². The van der Waals surface area contributed by atoms with Crippen molar-refractivity contribution >= 4 is 5.97 Å². The minimum atomic E-state index is -0.0662. The molecular formula is C12H21NO3. The largest absolute Gasteiger partial charge is 0.463 e. The van der Waals surface area contributed by atoms with Crippen LogP contribution in [0.4, 0.5) is 0 Å². The Morgan fingerprint density at radius 2 is 2.19 bits per heavy atom. The van der Waals surface area contributed by atoms with Crippen LogP contribution in [0.3, 0.4) is 0 Å². The summed E-state index contributed by atoms with van der Waals surface area (Å²) in [5, 5.41) is 0. The van der Waals surface area contributed by atoms with Crippen molar-refractivity contribution in [3.05, 3.63) is 0 Å². The van der Waals surface area contributed by atoms with Gasteiger partial charge in [-0.05, 0) is 38.1 Å². The Labute approximate surface area is 96.5 Å². The van der Waals surface area contributed by atoms with Crippen molar-refractivity contribution in [2.75, 3.05) is 19.8 Å². The van der Waals surface area contributed by atoms with Gasteiger partial charge in [0.25, 0.3) is 0 Å². The zero-order chi connectivity index (χ0) is 11.4. The van der Waals surface area contributed by atoms with E-state index in [2.05, 4.69) is 0 Å². The maximum absolute atomic E-state index is 11.8. The van der Waals surface area contributed by atoms with Gasteiger partial charge in [0.2, 0.25) is 0 Å². The molecule has 0 radical (unpaired) electrons. The average Bonchev–Trinajstić information content (AvgIpc) is 2.96. The van der Waals surface area contributed by atoms with Gasteiger partial charge in [-0.1, -0.05) is 6.42 Å². The van der Waals surface area contributed by atoms with Gasteiger partial charge in [0, 0.05) is 6.61 Å². The topological polar surface area (TPSA) is 61.6 Å². The van der Waals surface area contributed by atoms with Crippen LogP contribution in [-0.4, -0.2) is 31.8 Å². The van der Waals surface area contributed by atoms with E-state index < -0.39 is 0 Å². The summed E-state index contributed by atoms with van der Waals surface area (Å²) in [5.74, 6) is 0.298. The molecule has 2 aliphatic rings. The lowest BCUT2D eigenvalue weighted by Gasteiger charge is -2.17. The normalized spacial score (nSPS) is 34.2. The first kappa shape index (κ1) is 11.9. The number of nitrogens with two attached hydrogens (primary N) is 1. The third kappa shape index (κ3) is 2.74. The summed E-state index contributed by atoms with van der Waals surface area (Å²) in [4.78, 5) is 11.8. The number of esters is 1. The van der Waals surface area contributed by atoms with Crippen molar-refractivity contribution < 1.29 is 14.3 Å². The molecule has 3 atom stereocenters. The molecule has 92 valence electrons. The molecule has 0 spiro atoms. The second-order valence-electron chi connectivity index (χ2n) is 4.80. The molecule has 0 aromatic rings. The summed E-state index contributed by atoms with van der Waals surface area (Å²) >= 11 is 0. The molecule has 1 saturated carbocycles. The quantitative estimate of drug-likeness (QED) is 0.730. The molecule has 2 N–H and O–H groups in total. The fourth-order valence-electron chi connectivity index (χ4n) is 2.69. The molecule has 0 amide bonds. The molecule has 1 saturated heterocycles. The first-order chi connectivity index (χ1) is 7.81. The molecule has 2 rings (SSSR count). The molecule has 3 unspecified atom stereocenters. The maximum atomic E-state index is 11.8. The Kier molecular flexibility index (Phi) is 4.18. The Balaban J connectivity index is 1.74. The number of carbonyl (C=O) groups excluding carboxylic acids is 1. The first-order valence-corrected chi connectivity index (χ1v) is 6.29. The van der Waals surface area contributed by atoms with E-state index in [-0.39, 0.29) is 18.0 Å². The molecule has 0 aromatic carbocycles. The van der Waals surface area contributed by atoms with Crippen LogP contribution in [0.5, 0.6) is 0 Å². The second kappa shape index (κ2) is 5.64. The molecule has 2 fully saturated rings. The van der Waals surface area contributed by atoms with Crippen LogP contribution >= 0.6 is 0 Å². The van der Waals surface area contributed by atoms with E-state index in [4.69, 9.17) is 15.2 Å². The van der Waals surface area contributed by atoms with Crippen molar-refractivity contribution in [2.45, 2.75) is 38.2 Å². The number of hydrogen-bond acceptors (Lipinski definition) is 4. The molecular weight excluding hydrogens is 206 g/mol. The smallest absolute Gasteiger partial charge is 0.309 e. The highest BCUT2D eigenvalue weighted by molar-refractivity contribution is 5.73. The molecule has 4 heteroatoms. The van der Waals surface area contributed by atoms with E-state index in [1.54, 1.807) is 0 Å². The summed E-state index contributed by atoms with van der Waals surface area (Å²) in [6, 6.07) is 0. The van der Waals surface area contributed by atoms with Gasteiger partial charge in [-0.15, -0.1) is 0 Å². The van der Waals surface area contributed by atoms with E-state index >= 15 is 0 Å².